The summed E-state index contributed by atoms with van der Waals surface area (Å²) in [6, 6.07) is 2.06. The van der Waals surface area contributed by atoms with E-state index >= 15 is 0 Å². The van der Waals surface area contributed by atoms with Gasteiger partial charge in [-0.1, -0.05) is 6.92 Å². The first-order valence-electron chi connectivity index (χ1n) is 7.29. The predicted molar refractivity (Wildman–Crippen MR) is 79.1 cm³/mol. The molecule has 0 saturated carbocycles. The second kappa shape index (κ2) is 6.16. The standard InChI is InChI=1S/C14H22N4O2S/c1-11-5-9-17(10-6-11)21(19,20)14-12(2)16-18(13(14)3)8-4-7-15/h11H,4-6,8-10H2,1-3H3. The summed E-state index contributed by atoms with van der Waals surface area (Å²) >= 11 is 0. The third kappa shape index (κ3) is 3.11. The van der Waals surface area contributed by atoms with Crippen LogP contribution in [0.4, 0.5) is 0 Å². The van der Waals surface area contributed by atoms with E-state index in [1.54, 1.807) is 22.8 Å². The maximum atomic E-state index is 12.8. The molecule has 2 rings (SSSR count). The third-order valence-corrected chi connectivity index (χ3v) is 6.24. The Balaban J connectivity index is 2.32. The molecule has 116 valence electrons. The van der Waals surface area contributed by atoms with E-state index in [9.17, 15) is 8.42 Å². The quantitative estimate of drug-likeness (QED) is 0.850. The van der Waals surface area contributed by atoms with Crippen LogP contribution in [0.25, 0.3) is 0 Å². The zero-order valence-electron chi connectivity index (χ0n) is 12.8. The average molecular weight is 310 g/mol. The van der Waals surface area contributed by atoms with Gasteiger partial charge < -0.3 is 0 Å². The maximum absolute atomic E-state index is 12.8. The smallest absolute Gasteiger partial charge is 0.246 e. The monoisotopic (exact) mass is 310 g/mol. The molecule has 0 atom stereocenters. The molecule has 0 aromatic carbocycles. The molecule has 1 aromatic rings. The van der Waals surface area contributed by atoms with Gasteiger partial charge in [0.15, 0.2) is 0 Å². The van der Waals surface area contributed by atoms with Crippen LogP contribution in [-0.4, -0.2) is 35.6 Å². The summed E-state index contributed by atoms with van der Waals surface area (Å²) in [5.74, 6) is 0.581. The summed E-state index contributed by atoms with van der Waals surface area (Å²) in [7, 11) is -3.48. The van der Waals surface area contributed by atoms with Gasteiger partial charge in [-0.3, -0.25) is 4.68 Å². The number of nitrogens with zero attached hydrogens (tertiary/aromatic N) is 4. The van der Waals surface area contributed by atoms with Crippen LogP contribution >= 0.6 is 0 Å². The van der Waals surface area contributed by atoms with Gasteiger partial charge >= 0.3 is 0 Å². The Hall–Kier alpha value is -1.39. The van der Waals surface area contributed by atoms with Crippen LogP contribution < -0.4 is 0 Å². The van der Waals surface area contributed by atoms with Crippen molar-refractivity contribution in [3.63, 3.8) is 0 Å². The van der Waals surface area contributed by atoms with E-state index in [1.165, 1.54) is 0 Å². The Bertz CT molecular complexity index is 649. The second-order valence-corrected chi connectivity index (χ2v) is 7.59. The molecule has 6 nitrogen and oxygen atoms in total. The molecule has 1 saturated heterocycles. The van der Waals surface area contributed by atoms with E-state index in [1.807, 2.05) is 0 Å². The lowest BCUT2D eigenvalue weighted by atomic mass is 10.0. The Morgan fingerprint density at radius 1 is 1.33 bits per heavy atom. The lowest BCUT2D eigenvalue weighted by Gasteiger charge is -2.29. The number of hydrogen-bond donors (Lipinski definition) is 0. The van der Waals surface area contributed by atoms with Crippen molar-refractivity contribution < 1.29 is 8.42 Å². The lowest BCUT2D eigenvalue weighted by molar-refractivity contribution is 0.288. The van der Waals surface area contributed by atoms with Gasteiger partial charge in [-0.05, 0) is 32.6 Å². The molecule has 21 heavy (non-hydrogen) atoms. The molecular formula is C14H22N4O2S. The van der Waals surface area contributed by atoms with Crippen LogP contribution in [0.5, 0.6) is 0 Å². The summed E-state index contributed by atoms with van der Waals surface area (Å²) in [6.45, 7) is 7.21. The van der Waals surface area contributed by atoms with Crippen molar-refractivity contribution in [1.29, 1.82) is 5.26 Å². The minimum Gasteiger partial charge on any atom is -0.267 e. The largest absolute Gasteiger partial charge is 0.267 e. The zero-order valence-corrected chi connectivity index (χ0v) is 13.7. The van der Waals surface area contributed by atoms with Crippen LogP contribution in [0.15, 0.2) is 4.90 Å². The minimum absolute atomic E-state index is 0.315. The highest BCUT2D eigenvalue weighted by Gasteiger charge is 2.32. The number of nitriles is 1. The van der Waals surface area contributed by atoms with Crippen molar-refractivity contribution >= 4 is 10.0 Å². The van der Waals surface area contributed by atoms with Gasteiger partial charge in [-0.2, -0.15) is 14.7 Å². The molecule has 0 bridgehead atoms. The first kappa shape index (κ1) is 16.0. The third-order valence-electron chi connectivity index (χ3n) is 4.09. The normalized spacial score (nSPS) is 17.8. The van der Waals surface area contributed by atoms with E-state index in [-0.39, 0.29) is 0 Å². The topological polar surface area (TPSA) is 79.0 Å². The van der Waals surface area contributed by atoms with Crippen molar-refractivity contribution in [1.82, 2.24) is 14.1 Å². The molecule has 0 N–H and O–H groups in total. The first-order valence-corrected chi connectivity index (χ1v) is 8.73. The fourth-order valence-corrected chi connectivity index (χ4v) is 4.62. The summed E-state index contributed by atoms with van der Waals surface area (Å²) in [5, 5.41) is 12.9. The fourth-order valence-electron chi connectivity index (χ4n) is 2.78. The van der Waals surface area contributed by atoms with Crippen LogP contribution in [0.2, 0.25) is 0 Å². The lowest BCUT2D eigenvalue weighted by Crippen LogP contribution is -2.38. The van der Waals surface area contributed by atoms with Gasteiger partial charge in [-0.15, -0.1) is 0 Å². The highest BCUT2D eigenvalue weighted by molar-refractivity contribution is 7.89. The second-order valence-electron chi connectivity index (χ2n) is 5.72. The maximum Gasteiger partial charge on any atom is 0.246 e. The highest BCUT2D eigenvalue weighted by Crippen LogP contribution is 2.27. The van der Waals surface area contributed by atoms with Crippen LogP contribution in [0, 0.1) is 31.1 Å². The molecule has 1 aromatic heterocycles. The average Bonchev–Trinajstić information content (AvgIpc) is 2.72. The van der Waals surface area contributed by atoms with E-state index in [2.05, 4.69) is 18.1 Å². The number of rotatable bonds is 4. The van der Waals surface area contributed by atoms with Crippen LogP contribution in [0.3, 0.4) is 0 Å². The molecule has 0 radical (unpaired) electrons. The van der Waals surface area contributed by atoms with Gasteiger partial charge in [0, 0.05) is 13.1 Å². The number of hydrogen-bond acceptors (Lipinski definition) is 4. The van der Waals surface area contributed by atoms with E-state index < -0.39 is 10.0 Å². The van der Waals surface area contributed by atoms with Crippen molar-refractivity contribution in [3.8, 4) is 6.07 Å². The summed E-state index contributed by atoms with van der Waals surface area (Å²) < 4.78 is 28.9. The van der Waals surface area contributed by atoms with Crippen molar-refractivity contribution in [2.75, 3.05) is 13.1 Å². The molecule has 1 fully saturated rings. The SMILES string of the molecule is Cc1nn(CCC#N)c(C)c1S(=O)(=O)N1CCC(C)CC1. The van der Waals surface area contributed by atoms with E-state index in [0.29, 0.717) is 48.3 Å². The molecule has 0 unspecified atom stereocenters. The van der Waals surface area contributed by atoms with Crippen molar-refractivity contribution in [2.45, 2.75) is 51.5 Å². The minimum atomic E-state index is -3.48. The van der Waals surface area contributed by atoms with Gasteiger partial charge in [-0.25, -0.2) is 8.42 Å². The number of piperidine rings is 1. The predicted octanol–water partition coefficient (Wildman–Crippen LogP) is 1.83. The zero-order chi connectivity index (χ0) is 15.6. The Morgan fingerprint density at radius 3 is 2.52 bits per heavy atom. The van der Waals surface area contributed by atoms with Crippen LogP contribution in [-0.2, 0) is 16.6 Å². The molecular weight excluding hydrogens is 288 g/mol. The molecule has 7 heteroatoms. The van der Waals surface area contributed by atoms with Crippen LogP contribution in [0.1, 0.15) is 37.6 Å². The Morgan fingerprint density at radius 2 is 1.95 bits per heavy atom. The summed E-state index contributed by atoms with van der Waals surface area (Å²) in [6.07, 6.45) is 2.13. The van der Waals surface area contributed by atoms with Gasteiger partial charge in [0.25, 0.3) is 0 Å². The number of aryl methyl sites for hydroxylation is 2. The number of sulfonamides is 1. The van der Waals surface area contributed by atoms with Gasteiger partial charge in [0.1, 0.15) is 4.90 Å². The van der Waals surface area contributed by atoms with Crippen molar-refractivity contribution in [3.05, 3.63) is 11.4 Å². The molecule has 0 amide bonds. The Kier molecular flexibility index (Phi) is 4.69. The van der Waals surface area contributed by atoms with E-state index in [0.717, 1.165) is 12.8 Å². The molecule has 1 aliphatic heterocycles. The Labute approximate surface area is 126 Å². The van der Waals surface area contributed by atoms with Gasteiger partial charge in [0.05, 0.1) is 30.4 Å². The summed E-state index contributed by atoms with van der Waals surface area (Å²) in [5.41, 5.74) is 1.14. The van der Waals surface area contributed by atoms with Crippen molar-refractivity contribution in [2.24, 2.45) is 5.92 Å². The highest BCUT2D eigenvalue weighted by atomic mass is 32.2. The molecule has 0 aliphatic carbocycles. The fraction of sp³-hybridized carbons (Fsp3) is 0.714. The summed E-state index contributed by atoms with van der Waals surface area (Å²) in [4.78, 5) is 0.315. The first-order chi connectivity index (χ1) is 9.87. The van der Waals surface area contributed by atoms with Gasteiger partial charge in [0.2, 0.25) is 10.0 Å². The van der Waals surface area contributed by atoms with E-state index in [4.69, 9.17) is 5.26 Å². The molecule has 0 spiro atoms. The number of aromatic nitrogens is 2. The molecule has 2 heterocycles. The molecule has 1 aliphatic rings.